The molecule has 2 aliphatic rings. The largest absolute Gasteiger partial charge is 0.363 e. The Hall–Kier alpha value is -0.540. The van der Waals surface area contributed by atoms with Crippen molar-refractivity contribution in [3.63, 3.8) is 0 Å². The lowest BCUT2D eigenvalue weighted by Gasteiger charge is -2.37. The van der Waals surface area contributed by atoms with Gasteiger partial charge in [-0.1, -0.05) is 20.3 Å². The van der Waals surface area contributed by atoms with E-state index >= 15 is 0 Å². The molecule has 2 fully saturated rings. The molecule has 1 aromatic rings. The molecule has 1 unspecified atom stereocenters. The number of hydrogen-bond acceptors (Lipinski definition) is 4. The molecule has 3 heterocycles. The summed E-state index contributed by atoms with van der Waals surface area (Å²) in [5.41, 5.74) is 0. The van der Waals surface area contributed by atoms with Crippen LogP contribution in [0.3, 0.4) is 0 Å². The number of nitrogens with one attached hydrogen (secondary N) is 2. The van der Waals surface area contributed by atoms with E-state index in [-0.39, 0.29) is 24.0 Å². The zero-order valence-corrected chi connectivity index (χ0v) is 20.8. The number of halogens is 1. The molecule has 3 rings (SSSR count). The van der Waals surface area contributed by atoms with Gasteiger partial charge in [0.25, 0.3) is 0 Å². The van der Waals surface area contributed by atoms with E-state index in [1.807, 2.05) is 18.4 Å². The summed E-state index contributed by atoms with van der Waals surface area (Å²) in [4.78, 5) is 9.67. The molecule has 1 aromatic heterocycles. The first-order valence-electron chi connectivity index (χ1n) is 10.7. The molecule has 160 valence electrons. The van der Waals surface area contributed by atoms with Gasteiger partial charge in [-0.25, -0.2) is 0 Å². The SMILES string of the molecule is CN=C(NCC1CCCCN1CC(C)C)NC1CCN(c2cccs2)CC1.I. The van der Waals surface area contributed by atoms with E-state index in [1.165, 1.54) is 50.2 Å². The van der Waals surface area contributed by atoms with Crippen LogP contribution >= 0.6 is 35.3 Å². The van der Waals surface area contributed by atoms with Gasteiger partial charge in [0.05, 0.1) is 5.00 Å². The number of anilines is 1. The topological polar surface area (TPSA) is 42.9 Å². The summed E-state index contributed by atoms with van der Waals surface area (Å²) >= 11 is 1.84. The molecule has 28 heavy (non-hydrogen) atoms. The second kappa shape index (κ2) is 12.2. The zero-order chi connectivity index (χ0) is 19.1. The van der Waals surface area contributed by atoms with E-state index in [9.17, 15) is 0 Å². The fraction of sp³-hybridized carbons (Fsp3) is 0.762. The van der Waals surface area contributed by atoms with Gasteiger partial charge in [-0.05, 0) is 55.7 Å². The normalized spacial score (nSPS) is 22.2. The Morgan fingerprint density at radius 2 is 2.00 bits per heavy atom. The molecular weight excluding hydrogens is 481 g/mol. The van der Waals surface area contributed by atoms with E-state index in [0.29, 0.717) is 12.1 Å². The van der Waals surface area contributed by atoms with Crippen molar-refractivity contribution in [2.45, 2.75) is 58.0 Å². The lowest BCUT2D eigenvalue weighted by atomic mass is 10.0. The Morgan fingerprint density at radius 1 is 1.21 bits per heavy atom. The van der Waals surface area contributed by atoms with Gasteiger partial charge in [0.1, 0.15) is 0 Å². The van der Waals surface area contributed by atoms with Crippen LogP contribution in [0.4, 0.5) is 5.00 Å². The van der Waals surface area contributed by atoms with Crippen molar-refractivity contribution in [2.24, 2.45) is 10.9 Å². The number of rotatable bonds is 6. The Morgan fingerprint density at radius 3 is 2.64 bits per heavy atom. The van der Waals surface area contributed by atoms with Crippen molar-refractivity contribution in [2.75, 3.05) is 44.7 Å². The minimum absolute atomic E-state index is 0. The molecule has 0 aromatic carbocycles. The molecule has 7 heteroatoms. The summed E-state index contributed by atoms with van der Waals surface area (Å²) < 4.78 is 0. The van der Waals surface area contributed by atoms with E-state index < -0.39 is 0 Å². The Bertz CT molecular complexity index is 569. The van der Waals surface area contributed by atoms with Gasteiger partial charge >= 0.3 is 0 Å². The van der Waals surface area contributed by atoms with Crippen LogP contribution in [0.1, 0.15) is 46.0 Å². The van der Waals surface area contributed by atoms with Crippen LogP contribution in [-0.4, -0.2) is 62.7 Å². The summed E-state index contributed by atoms with van der Waals surface area (Å²) in [6, 6.07) is 5.53. The van der Waals surface area contributed by atoms with Crippen molar-refractivity contribution in [1.82, 2.24) is 15.5 Å². The second-order valence-corrected chi connectivity index (χ2v) is 9.27. The first kappa shape index (κ1) is 23.7. The van der Waals surface area contributed by atoms with Crippen LogP contribution in [0.25, 0.3) is 0 Å². The summed E-state index contributed by atoms with van der Waals surface area (Å²) in [6.07, 6.45) is 6.34. The maximum absolute atomic E-state index is 4.49. The maximum Gasteiger partial charge on any atom is 0.191 e. The number of guanidine groups is 1. The molecule has 0 bridgehead atoms. The average Bonchev–Trinajstić information content (AvgIpc) is 3.21. The van der Waals surface area contributed by atoms with E-state index in [1.54, 1.807) is 0 Å². The van der Waals surface area contributed by atoms with Gasteiger partial charge in [0, 0.05) is 45.3 Å². The third kappa shape index (κ3) is 7.06. The number of hydrogen-bond donors (Lipinski definition) is 2. The van der Waals surface area contributed by atoms with Crippen molar-refractivity contribution in [3.8, 4) is 0 Å². The third-order valence-corrected chi connectivity index (χ3v) is 6.66. The van der Waals surface area contributed by atoms with Crippen LogP contribution < -0.4 is 15.5 Å². The van der Waals surface area contributed by atoms with Gasteiger partial charge < -0.3 is 15.5 Å². The monoisotopic (exact) mass is 519 g/mol. The standard InChI is InChI=1S/C21H37N5S.HI/c1-17(2)16-26-11-5-4-7-19(26)15-23-21(22-3)24-18-9-12-25(13-10-18)20-8-6-14-27-20;/h6,8,14,17-19H,4-5,7,9-13,15-16H2,1-3H3,(H2,22,23,24);1H. The predicted molar refractivity (Wildman–Crippen MR) is 134 cm³/mol. The van der Waals surface area contributed by atoms with Crippen LogP contribution in [-0.2, 0) is 0 Å². The number of piperidine rings is 2. The first-order valence-corrected chi connectivity index (χ1v) is 11.5. The summed E-state index contributed by atoms with van der Waals surface area (Å²) in [6.45, 7) is 10.3. The highest BCUT2D eigenvalue weighted by atomic mass is 127. The van der Waals surface area contributed by atoms with Crippen molar-refractivity contribution < 1.29 is 0 Å². The first-order chi connectivity index (χ1) is 13.2. The highest BCUT2D eigenvalue weighted by Gasteiger charge is 2.24. The van der Waals surface area contributed by atoms with Gasteiger partial charge in [0.15, 0.2) is 5.96 Å². The fourth-order valence-electron chi connectivity index (χ4n) is 4.30. The quantitative estimate of drug-likeness (QED) is 0.339. The van der Waals surface area contributed by atoms with Crippen molar-refractivity contribution in [1.29, 1.82) is 0 Å². The van der Waals surface area contributed by atoms with Crippen LogP contribution in [0.15, 0.2) is 22.5 Å². The molecule has 0 spiro atoms. The molecule has 0 aliphatic carbocycles. The molecule has 1 atom stereocenters. The Labute approximate surface area is 192 Å². The minimum atomic E-state index is 0. The molecule has 5 nitrogen and oxygen atoms in total. The minimum Gasteiger partial charge on any atom is -0.363 e. The summed E-state index contributed by atoms with van der Waals surface area (Å²) in [5, 5.41) is 10.8. The lowest BCUT2D eigenvalue weighted by molar-refractivity contribution is 0.133. The van der Waals surface area contributed by atoms with Crippen LogP contribution in [0.5, 0.6) is 0 Å². The number of nitrogens with zero attached hydrogens (tertiary/aromatic N) is 3. The van der Waals surface area contributed by atoms with Crippen LogP contribution in [0, 0.1) is 5.92 Å². The molecule has 0 amide bonds. The van der Waals surface area contributed by atoms with E-state index in [4.69, 9.17) is 0 Å². The molecule has 0 saturated carbocycles. The zero-order valence-electron chi connectivity index (χ0n) is 17.7. The molecule has 2 saturated heterocycles. The number of thiophene rings is 1. The van der Waals surface area contributed by atoms with Crippen molar-refractivity contribution >= 4 is 46.3 Å². The highest BCUT2D eigenvalue weighted by molar-refractivity contribution is 14.0. The van der Waals surface area contributed by atoms with Crippen molar-refractivity contribution in [3.05, 3.63) is 17.5 Å². The molecular formula is C21H38IN5S. The van der Waals surface area contributed by atoms with Gasteiger partial charge in [-0.3, -0.25) is 9.89 Å². The maximum atomic E-state index is 4.49. The molecule has 2 aliphatic heterocycles. The second-order valence-electron chi connectivity index (χ2n) is 8.35. The van der Waals surface area contributed by atoms with E-state index in [2.05, 4.69) is 56.8 Å². The Balaban J connectivity index is 0.00000280. The summed E-state index contributed by atoms with van der Waals surface area (Å²) in [5.74, 6) is 1.70. The highest BCUT2D eigenvalue weighted by Crippen LogP contribution is 2.24. The molecule has 0 radical (unpaired) electrons. The number of aliphatic imine (C=N–C) groups is 1. The summed E-state index contributed by atoms with van der Waals surface area (Å²) in [7, 11) is 1.89. The average molecular weight is 520 g/mol. The van der Waals surface area contributed by atoms with E-state index in [0.717, 1.165) is 31.5 Å². The fourth-order valence-corrected chi connectivity index (χ4v) is 5.08. The molecule has 2 N–H and O–H groups in total. The number of likely N-dealkylation sites (tertiary alicyclic amines) is 1. The Kier molecular flexibility index (Phi) is 10.4. The lowest BCUT2D eigenvalue weighted by Crippen LogP contribution is -2.52. The van der Waals surface area contributed by atoms with Gasteiger partial charge in [0.2, 0.25) is 0 Å². The van der Waals surface area contributed by atoms with Crippen LogP contribution in [0.2, 0.25) is 0 Å². The van der Waals surface area contributed by atoms with Gasteiger partial charge in [-0.2, -0.15) is 0 Å². The third-order valence-electron chi connectivity index (χ3n) is 5.73. The van der Waals surface area contributed by atoms with Gasteiger partial charge in [-0.15, -0.1) is 35.3 Å². The predicted octanol–water partition coefficient (Wildman–Crippen LogP) is 4.01. The smallest absolute Gasteiger partial charge is 0.191 e.